The fourth-order valence-corrected chi connectivity index (χ4v) is 1.91. The number of aliphatic hydroxyl groups is 1. The first-order chi connectivity index (χ1) is 9.15. The Morgan fingerprint density at radius 1 is 1.11 bits per heavy atom. The number of aryl methyl sites for hydroxylation is 1. The van der Waals surface area contributed by atoms with Gasteiger partial charge in [-0.05, 0) is 30.2 Å². The highest BCUT2D eigenvalue weighted by molar-refractivity contribution is 5.28. The predicted molar refractivity (Wildman–Crippen MR) is 76.0 cm³/mol. The van der Waals surface area contributed by atoms with Gasteiger partial charge in [0.2, 0.25) is 0 Å². The summed E-state index contributed by atoms with van der Waals surface area (Å²) in [6, 6.07) is 15.0. The Hall–Kier alpha value is -1.84. The van der Waals surface area contributed by atoms with Crippen molar-refractivity contribution in [1.29, 1.82) is 0 Å². The molecule has 0 amide bonds. The Morgan fingerprint density at radius 2 is 1.84 bits per heavy atom. The fraction of sp³-hybridized carbons (Fsp3) is 0.250. The van der Waals surface area contributed by atoms with Crippen LogP contribution in [-0.4, -0.2) is 16.8 Å². The highest BCUT2D eigenvalue weighted by atomic mass is 16.3. The van der Waals surface area contributed by atoms with Crippen molar-refractivity contribution in [3.8, 4) is 5.75 Å². The van der Waals surface area contributed by atoms with E-state index in [1.165, 1.54) is 11.1 Å². The summed E-state index contributed by atoms with van der Waals surface area (Å²) in [5.74, 6) is 0.176. The predicted octanol–water partition coefficient (Wildman–Crippen LogP) is 2.52. The molecule has 0 fully saturated rings. The number of nitrogens with one attached hydrogen (secondary N) is 1. The van der Waals surface area contributed by atoms with E-state index in [0.29, 0.717) is 6.54 Å². The summed E-state index contributed by atoms with van der Waals surface area (Å²) in [5.41, 5.74) is 3.15. The third kappa shape index (κ3) is 4.09. The van der Waals surface area contributed by atoms with E-state index >= 15 is 0 Å². The molecule has 3 heteroatoms. The number of aromatic hydroxyl groups is 1. The van der Waals surface area contributed by atoms with Gasteiger partial charge in [0, 0.05) is 13.1 Å². The van der Waals surface area contributed by atoms with E-state index in [1.807, 2.05) is 0 Å². The van der Waals surface area contributed by atoms with Crippen molar-refractivity contribution < 1.29 is 10.2 Å². The van der Waals surface area contributed by atoms with E-state index in [-0.39, 0.29) is 5.75 Å². The van der Waals surface area contributed by atoms with Crippen molar-refractivity contribution in [3.05, 3.63) is 65.2 Å². The second-order valence-electron chi connectivity index (χ2n) is 4.73. The zero-order chi connectivity index (χ0) is 13.7. The normalized spacial score (nSPS) is 12.3. The van der Waals surface area contributed by atoms with Crippen LogP contribution in [0.2, 0.25) is 0 Å². The van der Waals surface area contributed by atoms with E-state index in [2.05, 4.69) is 36.5 Å². The molecule has 2 rings (SSSR count). The fourth-order valence-electron chi connectivity index (χ4n) is 1.91. The third-order valence-electron chi connectivity index (χ3n) is 3.04. The number of phenolic OH excluding ortho intramolecular Hbond substituents is 1. The Labute approximate surface area is 113 Å². The molecule has 100 valence electrons. The second-order valence-corrected chi connectivity index (χ2v) is 4.73. The first-order valence-corrected chi connectivity index (χ1v) is 6.38. The van der Waals surface area contributed by atoms with Gasteiger partial charge >= 0.3 is 0 Å². The maximum atomic E-state index is 9.99. The van der Waals surface area contributed by atoms with Crippen LogP contribution in [0, 0.1) is 6.92 Å². The smallest absolute Gasteiger partial charge is 0.115 e. The lowest BCUT2D eigenvalue weighted by Gasteiger charge is -2.12. The molecule has 0 bridgehead atoms. The molecule has 0 saturated carbocycles. The summed E-state index contributed by atoms with van der Waals surface area (Å²) in [4.78, 5) is 0. The largest absolute Gasteiger partial charge is 0.508 e. The summed E-state index contributed by atoms with van der Waals surface area (Å²) in [6.45, 7) is 3.23. The van der Waals surface area contributed by atoms with Gasteiger partial charge in [-0.25, -0.2) is 0 Å². The van der Waals surface area contributed by atoms with Gasteiger partial charge in [0.25, 0.3) is 0 Å². The first kappa shape index (κ1) is 13.6. The van der Waals surface area contributed by atoms with Gasteiger partial charge in [-0.1, -0.05) is 42.0 Å². The minimum Gasteiger partial charge on any atom is -0.508 e. The summed E-state index contributed by atoms with van der Waals surface area (Å²) >= 11 is 0. The molecule has 0 aliphatic heterocycles. The Morgan fingerprint density at radius 3 is 2.53 bits per heavy atom. The summed E-state index contributed by atoms with van der Waals surface area (Å²) in [7, 11) is 0. The van der Waals surface area contributed by atoms with Gasteiger partial charge in [0.1, 0.15) is 5.75 Å². The molecule has 2 aromatic carbocycles. The van der Waals surface area contributed by atoms with Crippen LogP contribution < -0.4 is 5.32 Å². The molecule has 0 saturated heterocycles. The van der Waals surface area contributed by atoms with Gasteiger partial charge in [-0.2, -0.15) is 0 Å². The number of aliphatic hydroxyl groups excluding tert-OH is 1. The minimum absolute atomic E-state index is 0.176. The zero-order valence-electron chi connectivity index (χ0n) is 11.0. The molecule has 0 radical (unpaired) electrons. The van der Waals surface area contributed by atoms with E-state index in [0.717, 1.165) is 12.1 Å². The SMILES string of the molecule is Cc1ccc(CNC[C@H](O)c2cccc(O)c2)cc1. The monoisotopic (exact) mass is 257 g/mol. The van der Waals surface area contributed by atoms with Crippen molar-refractivity contribution in [2.45, 2.75) is 19.6 Å². The molecule has 0 aliphatic rings. The van der Waals surface area contributed by atoms with Crippen molar-refractivity contribution in [2.24, 2.45) is 0 Å². The summed E-state index contributed by atoms with van der Waals surface area (Å²) in [6.07, 6.45) is -0.613. The molecular weight excluding hydrogens is 238 g/mol. The van der Waals surface area contributed by atoms with Gasteiger partial charge in [-0.3, -0.25) is 0 Å². The maximum Gasteiger partial charge on any atom is 0.115 e. The van der Waals surface area contributed by atoms with Crippen LogP contribution >= 0.6 is 0 Å². The van der Waals surface area contributed by atoms with Gasteiger partial charge in [0.15, 0.2) is 0 Å². The average Bonchev–Trinajstić information content (AvgIpc) is 2.41. The molecule has 0 unspecified atom stereocenters. The quantitative estimate of drug-likeness (QED) is 0.771. The standard InChI is InChI=1S/C16H19NO2/c1-12-5-7-13(8-6-12)10-17-11-16(19)14-3-2-4-15(18)9-14/h2-9,16-19H,10-11H2,1H3/t16-/m0/s1. The number of benzene rings is 2. The van der Waals surface area contributed by atoms with Crippen LogP contribution in [-0.2, 0) is 6.54 Å². The lowest BCUT2D eigenvalue weighted by atomic mass is 10.1. The van der Waals surface area contributed by atoms with Crippen LogP contribution in [0.4, 0.5) is 0 Å². The molecule has 2 aromatic rings. The molecule has 0 spiro atoms. The number of phenols is 1. The molecule has 3 N–H and O–H groups in total. The average molecular weight is 257 g/mol. The zero-order valence-corrected chi connectivity index (χ0v) is 11.0. The van der Waals surface area contributed by atoms with Gasteiger partial charge < -0.3 is 15.5 Å². The number of hydrogen-bond acceptors (Lipinski definition) is 3. The number of rotatable bonds is 5. The number of hydrogen-bond donors (Lipinski definition) is 3. The van der Waals surface area contributed by atoms with Crippen molar-refractivity contribution in [3.63, 3.8) is 0 Å². The van der Waals surface area contributed by atoms with Crippen LogP contribution in [0.5, 0.6) is 5.75 Å². The Balaban J connectivity index is 1.84. The maximum absolute atomic E-state index is 9.99. The first-order valence-electron chi connectivity index (χ1n) is 6.38. The molecule has 1 atom stereocenters. The van der Waals surface area contributed by atoms with Crippen LogP contribution in [0.25, 0.3) is 0 Å². The molecule has 0 aliphatic carbocycles. The van der Waals surface area contributed by atoms with Gasteiger partial charge in [-0.15, -0.1) is 0 Å². The lowest BCUT2D eigenvalue weighted by molar-refractivity contribution is 0.174. The molecule has 0 heterocycles. The minimum atomic E-state index is -0.613. The topological polar surface area (TPSA) is 52.5 Å². The highest BCUT2D eigenvalue weighted by Crippen LogP contribution is 2.17. The molecule has 19 heavy (non-hydrogen) atoms. The molecule has 0 aromatic heterocycles. The van der Waals surface area contributed by atoms with E-state index < -0.39 is 6.10 Å². The highest BCUT2D eigenvalue weighted by Gasteiger charge is 2.07. The van der Waals surface area contributed by atoms with E-state index in [4.69, 9.17) is 0 Å². The van der Waals surface area contributed by atoms with Crippen molar-refractivity contribution in [1.82, 2.24) is 5.32 Å². The van der Waals surface area contributed by atoms with Gasteiger partial charge in [0.05, 0.1) is 6.10 Å². The molecule has 3 nitrogen and oxygen atoms in total. The lowest BCUT2D eigenvalue weighted by Crippen LogP contribution is -2.21. The van der Waals surface area contributed by atoms with Crippen LogP contribution in [0.15, 0.2) is 48.5 Å². The van der Waals surface area contributed by atoms with Crippen LogP contribution in [0.1, 0.15) is 22.8 Å². The summed E-state index contributed by atoms with van der Waals surface area (Å²) < 4.78 is 0. The van der Waals surface area contributed by atoms with Crippen molar-refractivity contribution >= 4 is 0 Å². The van der Waals surface area contributed by atoms with Crippen LogP contribution in [0.3, 0.4) is 0 Å². The second kappa shape index (κ2) is 6.36. The van der Waals surface area contributed by atoms with E-state index in [9.17, 15) is 10.2 Å². The Bertz CT molecular complexity index is 523. The summed E-state index contributed by atoms with van der Waals surface area (Å²) in [5, 5.41) is 22.6. The molecular formula is C16H19NO2. The van der Waals surface area contributed by atoms with Crippen molar-refractivity contribution in [2.75, 3.05) is 6.54 Å². The third-order valence-corrected chi connectivity index (χ3v) is 3.04. The Kier molecular flexibility index (Phi) is 4.55. The van der Waals surface area contributed by atoms with E-state index in [1.54, 1.807) is 24.3 Å².